The molecule has 2 amide bonds. The molecule has 0 bridgehead atoms. The van der Waals surface area contributed by atoms with E-state index in [0.29, 0.717) is 12.8 Å². The van der Waals surface area contributed by atoms with E-state index in [-0.39, 0.29) is 49.5 Å². The molecule has 0 aromatic heterocycles. The molecule has 230 valence electrons. The molecule has 2 atom stereocenters. The third-order valence-electron chi connectivity index (χ3n) is 7.04. The summed E-state index contributed by atoms with van der Waals surface area (Å²) in [6.45, 7) is 9.84. The van der Waals surface area contributed by atoms with Crippen molar-refractivity contribution in [1.82, 2.24) is 9.80 Å². The van der Waals surface area contributed by atoms with Crippen LogP contribution in [0.4, 0.5) is 0 Å². The number of hydrogen-bond acceptors (Lipinski definition) is 6. The van der Waals surface area contributed by atoms with Gasteiger partial charge in [-0.1, -0.05) is 43.1 Å². The summed E-state index contributed by atoms with van der Waals surface area (Å²) in [5, 5.41) is 21.2. The smallest absolute Gasteiger partial charge is 0.843 e. The minimum absolute atomic E-state index is 0. The van der Waals surface area contributed by atoms with Crippen molar-refractivity contribution in [3.05, 3.63) is 59.1 Å². The van der Waals surface area contributed by atoms with Crippen LogP contribution in [0.3, 0.4) is 0 Å². The van der Waals surface area contributed by atoms with Crippen molar-refractivity contribution in [2.45, 2.75) is 87.2 Å². The van der Waals surface area contributed by atoms with Gasteiger partial charge in [0.05, 0.1) is 0 Å². The summed E-state index contributed by atoms with van der Waals surface area (Å²) in [6.07, 6.45) is 9.25. The first-order valence-electron chi connectivity index (χ1n) is 14.2. The molecule has 0 radical (unpaired) electrons. The number of thioether (sulfide) groups is 2. The minimum atomic E-state index is -1.40. The van der Waals surface area contributed by atoms with Crippen LogP contribution in [0.5, 0.6) is 0 Å². The molecule has 2 saturated heterocycles. The molecule has 2 aromatic carbocycles. The molecule has 0 aliphatic carbocycles. The predicted octanol–water partition coefficient (Wildman–Crippen LogP) is 0.295. The Morgan fingerprint density at radius 2 is 1.21 bits per heavy atom. The zero-order valence-electron chi connectivity index (χ0n) is 27.5. The van der Waals surface area contributed by atoms with Crippen molar-refractivity contribution in [3.63, 3.8) is 0 Å². The fourth-order valence-corrected chi connectivity index (χ4v) is 4.98. The van der Waals surface area contributed by atoms with Crippen LogP contribution in [0.25, 0.3) is 0 Å². The van der Waals surface area contributed by atoms with Crippen molar-refractivity contribution >= 4 is 51.3 Å². The quantitative estimate of drug-likeness (QED) is 0.269. The fourth-order valence-electron chi connectivity index (χ4n) is 3.90. The van der Waals surface area contributed by atoms with E-state index < -0.39 is 11.2 Å². The third kappa shape index (κ3) is 17.2. The Balaban J connectivity index is 0. The van der Waals surface area contributed by atoms with Gasteiger partial charge in [0.2, 0.25) is 5.91 Å². The Hall–Kier alpha value is -0.325. The maximum Gasteiger partial charge on any atom is 1.00 e. The Labute approximate surface area is 301 Å². The summed E-state index contributed by atoms with van der Waals surface area (Å²) < 4.78 is 1.14. The molecule has 6 nitrogen and oxygen atoms in total. The van der Waals surface area contributed by atoms with Gasteiger partial charge in [-0.3, -0.25) is 9.59 Å². The number of carbonyl (C=O) groups excluding carboxylic acids is 2. The van der Waals surface area contributed by atoms with Gasteiger partial charge in [-0.15, -0.1) is 16.7 Å². The average molecular weight is 682 g/mol. The van der Waals surface area contributed by atoms with Crippen molar-refractivity contribution in [3.8, 4) is 0 Å². The first-order chi connectivity index (χ1) is 19.4. The van der Waals surface area contributed by atoms with E-state index in [2.05, 4.69) is 46.6 Å². The van der Waals surface area contributed by atoms with Gasteiger partial charge in [0.1, 0.15) is 5.60 Å². The van der Waals surface area contributed by atoms with E-state index in [1.807, 2.05) is 43.3 Å². The molecule has 0 spiro atoms. The Bertz CT molecular complexity index is 980. The molecule has 1 N–H and O–H groups in total. The molecule has 2 aromatic rings. The molecular formula is C32H47BrLi2N2O4S2. The van der Waals surface area contributed by atoms with Crippen LogP contribution in [-0.4, -0.2) is 76.6 Å². The SMILES string of the molecule is CC[C@](C)(O)C(=O)N1CCCC1.CC[C@](C)([O-])C(=O)N1CCCC1.CSc1cc[c-]cc1.CSc1ccc(Br)cc1.[Li+].[Li+]. The Morgan fingerprint density at radius 1 is 0.814 bits per heavy atom. The molecule has 2 aliphatic heterocycles. The van der Waals surface area contributed by atoms with Crippen molar-refractivity contribution in [2.24, 2.45) is 0 Å². The second-order valence-corrected chi connectivity index (χ2v) is 13.0. The van der Waals surface area contributed by atoms with Crippen molar-refractivity contribution in [1.29, 1.82) is 0 Å². The van der Waals surface area contributed by atoms with Crippen LogP contribution in [-0.2, 0) is 9.59 Å². The van der Waals surface area contributed by atoms with Crippen LogP contribution in [0.1, 0.15) is 66.2 Å². The van der Waals surface area contributed by atoms with Gasteiger partial charge < -0.3 is 20.0 Å². The summed E-state index contributed by atoms with van der Waals surface area (Å²) in [5.41, 5.74) is -2.55. The normalized spacial score (nSPS) is 16.2. The standard InChI is InChI=1S/C9H17NO2.C9H16NO2.C7H7BrS.C7H7S.2Li/c2*1-3-9(2,12)8(11)10-6-4-5-7-10;1-9-7-4-2-6(8)3-5-7;1-8-7-5-3-2-4-6-7;;/h12H,3-7H2,1-2H3;3-7H2,1-2H3;2-5H,1H3;3-6H,1H3;;/q;-1;;-1;2*+1/t2*9-;;;;/m00..../s1. The molecule has 0 unspecified atom stereocenters. The van der Waals surface area contributed by atoms with Crippen LogP contribution >= 0.6 is 39.5 Å². The average Bonchev–Trinajstić information content (AvgIpc) is 3.73. The van der Waals surface area contributed by atoms with Crippen LogP contribution in [0, 0.1) is 6.07 Å². The van der Waals surface area contributed by atoms with Gasteiger partial charge in [-0.25, -0.2) is 0 Å². The first-order valence-corrected chi connectivity index (χ1v) is 17.5. The van der Waals surface area contributed by atoms with Gasteiger partial charge in [0.25, 0.3) is 5.91 Å². The number of amides is 2. The number of likely N-dealkylation sites (tertiary alicyclic amines) is 2. The monoisotopic (exact) mass is 680 g/mol. The number of benzene rings is 2. The summed E-state index contributed by atoms with van der Waals surface area (Å²) in [5.74, 6) is -0.329. The number of carbonyl (C=O) groups is 2. The van der Waals surface area contributed by atoms with E-state index in [9.17, 15) is 19.8 Å². The molecule has 2 fully saturated rings. The molecule has 43 heavy (non-hydrogen) atoms. The van der Waals surface area contributed by atoms with E-state index in [1.165, 1.54) is 16.7 Å². The van der Waals surface area contributed by atoms with Gasteiger partial charge in [-0.2, -0.15) is 42.1 Å². The van der Waals surface area contributed by atoms with Gasteiger partial charge in [0.15, 0.2) is 0 Å². The molecular weight excluding hydrogens is 634 g/mol. The number of halogens is 1. The predicted molar refractivity (Wildman–Crippen MR) is 174 cm³/mol. The summed E-state index contributed by atoms with van der Waals surface area (Å²) in [4.78, 5) is 29.1. The van der Waals surface area contributed by atoms with Crippen LogP contribution < -0.4 is 42.8 Å². The van der Waals surface area contributed by atoms with E-state index >= 15 is 0 Å². The van der Waals surface area contributed by atoms with E-state index in [0.717, 1.165) is 56.3 Å². The molecule has 11 heteroatoms. The molecule has 2 aliphatic rings. The van der Waals surface area contributed by atoms with Crippen LogP contribution in [0.15, 0.2) is 62.8 Å². The second-order valence-electron chi connectivity index (χ2n) is 10.3. The van der Waals surface area contributed by atoms with Crippen LogP contribution in [0.2, 0.25) is 0 Å². The second kappa shape index (κ2) is 23.9. The largest absolute Gasteiger partial charge is 1.00 e. The van der Waals surface area contributed by atoms with E-state index in [1.54, 1.807) is 47.2 Å². The zero-order valence-corrected chi connectivity index (χ0v) is 30.7. The number of aliphatic hydroxyl groups is 1. The van der Waals surface area contributed by atoms with E-state index in [4.69, 9.17) is 0 Å². The van der Waals surface area contributed by atoms with Crippen molar-refractivity contribution < 1.29 is 57.5 Å². The minimum Gasteiger partial charge on any atom is -0.843 e. The maximum atomic E-state index is 11.6. The first kappa shape index (κ1) is 44.8. The van der Waals surface area contributed by atoms with Gasteiger partial charge in [-0.05, 0) is 81.4 Å². The summed E-state index contributed by atoms with van der Waals surface area (Å²) in [6, 6.07) is 19.2. The summed E-state index contributed by atoms with van der Waals surface area (Å²) in [7, 11) is 0. The third-order valence-corrected chi connectivity index (χ3v) is 9.05. The van der Waals surface area contributed by atoms with Gasteiger partial charge in [0, 0.05) is 35.5 Å². The molecule has 4 rings (SSSR count). The number of nitrogens with zero attached hydrogens (tertiary/aromatic N) is 2. The molecule has 0 saturated carbocycles. The zero-order chi connectivity index (χ0) is 30.9. The van der Waals surface area contributed by atoms with Gasteiger partial charge >= 0.3 is 37.7 Å². The summed E-state index contributed by atoms with van der Waals surface area (Å²) >= 11 is 6.87. The number of rotatable bonds is 6. The maximum absolute atomic E-state index is 11.6. The Morgan fingerprint density at radius 3 is 1.56 bits per heavy atom. The van der Waals surface area contributed by atoms with Crippen molar-refractivity contribution in [2.75, 3.05) is 38.7 Å². The number of hydrogen-bond donors (Lipinski definition) is 1. The Kier molecular flexibility index (Phi) is 24.9. The fraction of sp³-hybridized carbons (Fsp3) is 0.562. The topological polar surface area (TPSA) is 83.9 Å². The molecule has 2 heterocycles.